The highest BCUT2D eigenvalue weighted by Crippen LogP contribution is 2.19. The van der Waals surface area contributed by atoms with Gasteiger partial charge in [0, 0.05) is 45.3 Å². The van der Waals surface area contributed by atoms with Gasteiger partial charge in [0.15, 0.2) is 0 Å². The number of anilines is 1. The molecule has 1 fully saturated rings. The zero-order chi connectivity index (χ0) is 13.1. The molecule has 0 bridgehead atoms. The van der Waals surface area contributed by atoms with Gasteiger partial charge in [-0.3, -0.25) is 4.90 Å². The number of benzene rings is 1. The van der Waals surface area contributed by atoms with Crippen LogP contribution in [0.3, 0.4) is 0 Å². The van der Waals surface area contributed by atoms with Crippen LogP contribution < -0.4 is 10.2 Å². The fraction of sp³-hybridized carbons (Fsp3) is 0.538. The number of nitrogens with zero attached hydrogens (tertiary/aromatic N) is 2. The van der Waals surface area contributed by atoms with Crippen molar-refractivity contribution in [1.82, 2.24) is 10.2 Å². The van der Waals surface area contributed by atoms with E-state index >= 15 is 0 Å². The van der Waals surface area contributed by atoms with Gasteiger partial charge in [-0.15, -0.1) is 0 Å². The molecule has 18 heavy (non-hydrogen) atoms. The Morgan fingerprint density at radius 2 is 2.22 bits per heavy atom. The van der Waals surface area contributed by atoms with Crippen molar-refractivity contribution in [2.75, 3.05) is 45.2 Å². The first-order valence-electron chi connectivity index (χ1n) is 6.15. The van der Waals surface area contributed by atoms with Crippen molar-refractivity contribution in [3.8, 4) is 0 Å². The Morgan fingerprint density at radius 3 is 2.89 bits per heavy atom. The first-order chi connectivity index (χ1) is 8.58. The van der Waals surface area contributed by atoms with Gasteiger partial charge in [-0.1, -0.05) is 0 Å². The standard InChI is InChI=1S/C13H19F2N3/c1-17-6-5-16-8-11(17)9-18(2)13-4-3-10(14)7-12(13)15/h3-4,7,11,16H,5-6,8-9H2,1-2H3. The second kappa shape index (κ2) is 5.63. The number of rotatable bonds is 3. The highest BCUT2D eigenvalue weighted by atomic mass is 19.1. The van der Waals surface area contributed by atoms with Crippen LogP contribution in [0, 0.1) is 11.6 Å². The van der Waals surface area contributed by atoms with E-state index in [4.69, 9.17) is 0 Å². The summed E-state index contributed by atoms with van der Waals surface area (Å²) in [4.78, 5) is 4.09. The molecular formula is C13H19F2N3. The molecule has 0 aliphatic carbocycles. The fourth-order valence-corrected chi connectivity index (χ4v) is 2.27. The molecule has 1 aromatic rings. The van der Waals surface area contributed by atoms with E-state index in [-0.39, 0.29) is 0 Å². The van der Waals surface area contributed by atoms with Crippen LogP contribution in [0.15, 0.2) is 18.2 Å². The number of hydrogen-bond acceptors (Lipinski definition) is 3. The zero-order valence-corrected chi connectivity index (χ0v) is 10.8. The summed E-state index contributed by atoms with van der Waals surface area (Å²) in [5, 5.41) is 3.32. The fourth-order valence-electron chi connectivity index (χ4n) is 2.27. The molecule has 100 valence electrons. The molecule has 1 N–H and O–H groups in total. The second-order valence-corrected chi connectivity index (χ2v) is 4.81. The van der Waals surface area contributed by atoms with Gasteiger partial charge in [0.1, 0.15) is 11.6 Å². The SMILES string of the molecule is CN(CC1CNCCN1C)c1ccc(F)cc1F. The third kappa shape index (κ3) is 2.97. The zero-order valence-electron chi connectivity index (χ0n) is 10.8. The molecule has 1 aromatic carbocycles. The third-order valence-corrected chi connectivity index (χ3v) is 3.45. The normalized spacial score (nSPS) is 21.0. The quantitative estimate of drug-likeness (QED) is 0.878. The highest BCUT2D eigenvalue weighted by molar-refractivity contribution is 5.47. The molecule has 1 aliphatic rings. The molecule has 1 atom stereocenters. The second-order valence-electron chi connectivity index (χ2n) is 4.81. The van der Waals surface area contributed by atoms with Gasteiger partial charge in [-0.05, 0) is 19.2 Å². The van der Waals surface area contributed by atoms with Crippen molar-refractivity contribution in [3.05, 3.63) is 29.8 Å². The minimum absolute atomic E-state index is 0.341. The van der Waals surface area contributed by atoms with Crippen LogP contribution in [0.4, 0.5) is 14.5 Å². The number of halogens is 2. The Hall–Kier alpha value is -1.20. The molecule has 0 spiro atoms. The lowest BCUT2D eigenvalue weighted by molar-refractivity contribution is 0.204. The molecule has 1 unspecified atom stereocenters. The van der Waals surface area contributed by atoms with Crippen molar-refractivity contribution in [2.45, 2.75) is 6.04 Å². The van der Waals surface area contributed by atoms with Gasteiger partial charge in [-0.2, -0.15) is 0 Å². The van der Waals surface area contributed by atoms with Crippen molar-refractivity contribution >= 4 is 5.69 Å². The Balaban J connectivity index is 2.04. The number of nitrogens with one attached hydrogen (secondary N) is 1. The summed E-state index contributed by atoms with van der Waals surface area (Å²) in [6.45, 7) is 3.59. The van der Waals surface area contributed by atoms with Crippen LogP contribution in [0.1, 0.15) is 0 Å². The first kappa shape index (κ1) is 13.2. The van der Waals surface area contributed by atoms with Crippen LogP contribution in [0.2, 0.25) is 0 Å². The van der Waals surface area contributed by atoms with Gasteiger partial charge in [0.2, 0.25) is 0 Å². The van der Waals surface area contributed by atoms with E-state index in [0.717, 1.165) is 25.7 Å². The number of hydrogen-bond donors (Lipinski definition) is 1. The van der Waals surface area contributed by atoms with Crippen LogP contribution in [0.25, 0.3) is 0 Å². The molecule has 3 nitrogen and oxygen atoms in total. The molecule has 1 heterocycles. The summed E-state index contributed by atoms with van der Waals surface area (Å²) in [5.74, 6) is -1.05. The van der Waals surface area contributed by atoms with Crippen LogP contribution in [-0.2, 0) is 0 Å². The van der Waals surface area contributed by atoms with Gasteiger partial charge in [0.25, 0.3) is 0 Å². The van der Waals surface area contributed by atoms with Crippen LogP contribution in [-0.4, -0.2) is 51.2 Å². The average Bonchev–Trinajstić information content (AvgIpc) is 2.32. The molecule has 1 saturated heterocycles. The van der Waals surface area contributed by atoms with Gasteiger partial charge in [0.05, 0.1) is 5.69 Å². The van der Waals surface area contributed by atoms with E-state index in [0.29, 0.717) is 18.3 Å². The van der Waals surface area contributed by atoms with Gasteiger partial charge >= 0.3 is 0 Å². The summed E-state index contributed by atoms with van der Waals surface area (Å²) >= 11 is 0. The largest absolute Gasteiger partial charge is 0.371 e. The Labute approximate surface area is 106 Å². The highest BCUT2D eigenvalue weighted by Gasteiger charge is 2.21. The maximum absolute atomic E-state index is 13.6. The molecule has 1 aliphatic heterocycles. The molecule has 2 rings (SSSR count). The molecule has 0 radical (unpaired) electrons. The predicted octanol–water partition coefficient (Wildman–Crippen LogP) is 1.30. The van der Waals surface area contributed by atoms with E-state index < -0.39 is 11.6 Å². The predicted molar refractivity (Wildman–Crippen MR) is 68.9 cm³/mol. The Kier molecular flexibility index (Phi) is 4.14. The third-order valence-electron chi connectivity index (χ3n) is 3.45. The van der Waals surface area contributed by atoms with Crippen molar-refractivity contribution in [2.24, 2.45) is 0 Å². The van der Waals surface area contributed by atoms with Crippen molar-refractivity contribution in [3.63, 3.8) is 0 Å². The van der Waals surface area contributed by atoms with Crippen LogP contribution >= 0.6 is 0 Å². The van der Waals surface area contributed by atoms with Crippen molar-refractivity contribution < 1.29 is 8.78 Å². The lowest BCUT2D eigenvalue weighted by atomic mass is 10.2. The van der Waals surface area contributed by atoms with Gasteiger partial charge < -0.3 is 10.2 Å². The Bertz CT molecular complexity index is 411. The minimum Gasteiger partial charge on any atom is -0.371 e. The monoisotopic (exact) mass is 255 g/mol. The van der Waals surface area contributed by atoms with E-state index in [9.17, 15) is 8.78 Å². The summed E-state index contributed by atoms with van der Waals surface area (Å²) < 4.78 is 26.5. The van der Waals surface area contributed by atoms with E-state index in [1.807, 2.05) is 11.9 Å². The summed E-state index contributed by atoms with van der Waals surface area (Å²) in [5.41, 5.74) is 0.440. The van der Waals surface area contributed by atoms with E-state index in [2.05, 4.69) is 17.3 Å². The van der Waals surface area contributed by atoms with Crippen molar-refractivity contribution in [1.29, 1.82) is 0 Å². The minimum atomic E-state index is -0.541. The smallest absolute Gasteiger partial charge is 0.149 e. The molecule has 0 amide bonds. The van der Waals surface area contributed by atoms with Gasteiger partial charge in [-0.25, -0.2) is 8.78 Å². The lowest BCUT2D eigenvalue weighted by Gasteiger charge is -2.36. The van der Waals surface area contributed by atoms with E-state index in [1.54, 1.807) is 0 Å². The maximum Gasteiger partial charge on any atom is 0.149 e. The summed E-state index contributed by atoms with van der Waals surface area (Å²) in [6, 6.07) is 4.04. The Morgan fingerprint density at radius 1 is 1.44 bits per heavy atom. The molecule has 0 saturated carbocycles. The lowest BCUT2D eigenvalue weighted by Crippen LogP contribution is -2.53. The van der Waals surface area contributed by atoms with E-state index in [1.165, 1.54) is 12.1 Å². The summed E-state index contributed by atoms with van der Waals surface area (Å²) in [6.07, 6.45) is 0. The molecule has 5 heteroatoms. The molecular weight excluding hydrogens is 236 g/mol. The topological polar surface area (TPSA) is 18.5 Å². The number of piperazine rings is 1. The average molecular weight is 255 g/mol. The summed E-state index contributed by atoms with van der Waals surface area (Å²) in [7, 11) is 3.90. The van der Waals surface area contributed by atoms with Crippen LogP contribution in [0.5, 0.6) is 0 Å². The maximum atomic E-state index is 13.6. The number of likely N-dealkylation sites (N-methyl/N-ethyl adjacent to an activating group) is 2. The molecule has 0 aromatic heterocycles. The first-order valence-corrected chi connectivity index (χ1v) is 6.15.